The highest BCUT2D eigenvalue weighted by molar-refractivity contribution is 8.00. The summed E-state index contributed by atoms with van der Waals surface area (Å²) in [6.45, 7) is 6.32. The van der Waals surface area contributed by atoms with E-state index in [1.54, 1.807) is 20.8 Å². The summed E-state index contributed by atoms with van der Waals surface area (Å²) in [5.74, 6) is -5.84. The third-order valence-electron chi connectivity index (χ3n) is 1.94. The van der Waals surface area contributed by atoms with E-state index < -0.39 is 41.1 Å². The first-order valence-corrected chi connectivity index (χ1v) is 6.60. The third kappa shape index (κ3) is 6.98. The molecule has 0 spiro atoms. The van der Waals surface area contributed by atoms with E-state index in [1.165, 1.54) is 6.92 Å². The van der Waals surface area contributed by atoms with Gasteiger partial charge < -0.3 is 4.74 Å². The quantitative estimate of drug-likeness (QED) is 0.566. The van der Waals surface area contributed by atoms with Gasteiger partial charge in [-0.3, -0.25) is 4.79 Å². The average Bonchev–Trinajstić information content (AvgIpc) is 2.12. The molecule has 0 saturated heterocycles. The second-order valence-corrected chi connectivity index (χ2v) is 6.45. The summed E-state index contributed by atoms with van der Waals surface area (Å²) >= 11 is 0.714. The lowest BCUT2D eigenvalue weighted by Crippen LogP contribution is -2.37. The number of carbonyl (C=O) groups is 1. The van der Waals surface area contributed by atoms with Crippen LogP contribution in [0.2, 0.25) is 0 Å². The van der Waals surface area contributed by atoms with Gasteiger partial charge in [0.1, 0.15) is 5.60 Å². The molecule has 0 aliphatic carbocycles. The molecule has 114 valence electrons. The first-order chi connectivity index (χ1) is 8.26. The number of hydrogen-bond acceptors (Lipinski definition) is 3. The van der Waals surface area contributed by atoms with Crippen LogP contribution in [-0.4, -0.2) is 34.7 Å². The van der Waals surface area contributed by atoms with Gasteiger partial charge in [0.05, 0.1) is 5.25 Å². The van der Waals surface area contributed by atoms with Crippen molar-refractivity contribution in [1.82, 2.24) is 0 Å². The number of rotatable bonds is 5. The zero-order chi connectivity index (χ0) is 15.5. The molecule has 0 N–H and O–H groups in total. The first-order valence-electron chi connectivity index (χ1n) is 5.55. The lowest BCUT2D eigenvalue weighted by atomic mass is 10.2. The van der Waals surface area contributed by atoms with E-state index in [2.05, 4.69) is 0 Å². The lowest BCUT2D eigenvalue weighted by molar-refractivity contribution is -0.282. The van der Waals surface area contributed by atoms with Crippen LogP contribution in [0.15, 0.2) is 0 Å². The first kappa shape index (κ1) is 18.5. The SMILES string of the molecule is CC(SCCC(F)(F)C(F)(F)F)C(=O)OC(C)(C)C. The zero-order valence-corrected chi connectivity index (χ0v) is 11.9. The van der Waals surface area contributed by atoms with Crippen LogP contribution in [0, 0.1) is 0 Å². The summed E-state index contributed by atoms with van der Waals surface area (Å²) in [5.41, 5.74) is -0.720. The second kappa shape index (κ2) is 6.28. The number of carbonyl (C=O) groups excluding carboxylic acids is 1. The average molecular weight is 308 g/mol. The second-order valence-electron chi connectivity index (χ2n) is 5.00. The van der Waals surface area contributed by atoms with Gasteiger partial charge in [-0.2, -0.15) is 22.0 Å². The zero-order valence-electron chi connectivity index (χ0n) is 11.1. The Morgan fingerprint density at radius 3 is 2.00 bits per heavy atom. The maximum absolute atomic E-state index is 12.6. The monoisotopic (exact) mass is 308 g/mol. The van der Waals surface area contributed by atoms with Gasteiger partial charge in [-0.15, -0.1) is 11.8 Å². The normalized spacial score (nSPS) is 15.2. The van der Waals surface area contributed by atoms with Gasteiger partial charge in [-0.1, -0.05) is 0 Å². The van der Waals surface area contributed by atoms with Gasteiger partial charge in [0.2, 0.25) is 0 Å². The highest BCUT2D eigenvalue weighted by atomic mass is 32.2. The molecule has 2 nitrogen and oxygen atoms in total. The van der Waals surface area contributed by atoms with Crippen molar-refractivity contribution in [3.63, 3.8) is 0 Å². The van der Waals surface area contributed by atoms with Crippen molar-refractivity contribution < 1.29 is 31.5 Å². The number of alkyl halides is 5. The number of halogens is 5. The minimum absolute atomic E-state index is 0.479. The van der Waals surface area contributed by atoms with Crippen LogP contribution < -0.4 is 0 Å². The Kier molecular flexibility index (Phi) is 6.10. The Morgan fingerprint density at radius 1 is 1.16 bits per heavy atom. The largest absolute Gasteiger partial charge is 0.459 e. The van der Waals surface area contributed by atoms with Crippen LogP contribution in [0.25, 0.3) is 0 Å². The molecule has 0 rings (SSSR count). The number of esters is 1. The molecule has 1 unspecified atom stereocenters. The molecule has 0 aromatic rings. The van der Waals surface area contributed by atoms with Gasteiger partial charge in [-0.05, 0) is 27.7 Å². The van der Waals surface area contributed by atoms with Crippen molar-refractivity contribution in [3.8, 4) is 0 Å². The van der Waals surface area contributed by atoms with Crippen molar-refractivity contribution >= 4 is 17.7 Å². The fraction of sp³-hybridized carbons (Fsp3) is 0.909. The molecular formula is C11H17F5O2S. The fourth-order valence-corrected chi connectivity index (χ4v) is 1.87. The Balaban J connectivity index is 4.19. The summed E-state index contributed by atoms with van der Waals surface area (Å²) < 4.78 is 65.8. The van der Waals surface area contributed by atoms with E-state index in [0.717, 1.165) is 0 Å². The van der Waals surface area contributed by atoms with Gasteiger partial charge in [0.25, 0.3) is 0 Å². The standard InChI is InChI=1S/C11H17F5O2S/c1-7(8(17)18-9(2,3)4)19-6-5-10(12,13)11(14,15)16/h7H,5-6H2,1-4H3. The topological polar surface area (TPSA) is 26.3 Å². The molecule has 0 bridgehead atoms. The Morgan fingerprint density at radius 2 is 1.63 bits per heavy atom. The van der Waals surface area contributed by atoms with Crippen molar-refractivity contribution in [2.45, 2.75) is 57.1 Å². The van der Waals surface area contributed by atoms with E-state index in [-0.39, 0.29) is 0 Å². The Labute approximate surface area is 113 Å². The maximum atomic E-state index is 12.6. The van der Waals surface area contributed by atoms with Crippen molar-refractivity contribution in [1.29, 1.82) is 0 Å². The molecule has 0 aliphatic heterocycles. The molecule has 1 atom stereocenters. The van der Waals surface area contributed by atoms with Gasteiger partial charge in [0.15, 0.2) is 0 Å². The minimum Gasteiger partial charge on any atom is -0.459 e. The van der Waals surface area contributed by atoms with E-state index in [0.29, 0.717) is 11.8 Å². The summed E-state index contributed by atoms with van der Waals surface area (Å²) in [4.78, 5) is 11.5. The summed E-state index contributed by atoms with van der Waals surface area (Å²) in [7, 11) is 0. The van der Waals surface area contributed by atoms with Crippen molar-refractivity contribution in [3.05, 3.63) is 0 Å². The lowest BCUT2D eigenvalue weighted by Gasteiger charge is -2.23. The summed E-state index contributed by atoms with van der Waals surface area (Å²) in [6.07, 6.45) is -6.91. The molecule has 0 aromatic carbocycles. The molecule has 0 saturated carbocycles. The van der Waals surface area contributed by atoms with E-state index >= 15 is 0 Å². The van der Waals surface area contributed by atoms with Crippen LogP contribution in [0.5, 0.6) is 0 Å². The van der Waals surface area contributed by atoms with Crippen molar-refractivity contribution in [2.24, 2.45) is 0 Å². The summed E-state index contributed by atoms with van der Waals surface area (Å²) in [6, 6.07) is 0. The van der Waals surface area contributed by atoms with Crippen LogP contribution >= 0.6 is 11.8 Å². The van der Waals surface area contributed by atoms with Crippen LogP contribution in [0.1, 0.15) is 34.1 Å². The van der Waals surface area contributed by atoms with Crippen LogP contribution in [-0.2, 0) is 9.53 Å². The number of hydrogen-bond donors (Lipinski definition) is 0. The molecular weight excluding hydrogens is 291 g/mol. The smallest absolute Gasteiger partial charge is 0.453 e. The fourth-order valence-electron chi connectivity index (χ4n) is 0.958. The van der Waals surface area contributed by atoms with Crippen molar-refractivity contribution in [2.75, 3.05) is 5.75 Å². The molecule has 0 heterocycles. The molecule has 0 aromatic heterocycles. The third-order valence-corrected chi connectivity index (χ3v) is 3.07. The highest BCUT2D eigenvalue weighted by Crippen LogP contribution is 2.39. The molecule has 19 heavy (non-hydrogen) atoms. The van der Waals surface area contributed by atoms with Gasteiger partial charge in [-0.25, -0.2) is 0 Å². The predicted octanol–water partition coefficient (Wildman–Crippen LogP) is 4.04. The van der Waals surface area contributed by atoms with Crippen LogP contribution in [0.4, 0.5) is 22.0 Å². The van der Waals surface area contributed by atoms with E-state index in [4.69, 9.17) is 4.74 Å². The predicted molar refractivity (Wildman–Crippen MR) is 63.4 cm³/mol. The highest BCUT2D eigenvalue weighted by Gasteiger charge is 2.56. The Hall–Kier alpha value is -0.530. The Bertz CT molecular complexity index is 309. The maximum Gasteiger partial charge on any atom is 0.453 e. The number of ether oxygens (including phenoxy) is 1. The van der Waals surface area contributed by atoms with Gasteiger partial charge in [0, 0.05) is 12.2 Å². The minimum atomic E-state index is -5.55. The molecule has 0 radical (unpaired) electrons. The molecule has 8 heteroatoms. The van der Waals surface area contributed by atoms with Crippen LogP contribution in [0.3, 0.4) is 0 Å². The summed E-state index contributed by atoms with van der Waals surface area (Å²) in [5, 5.41) is -0.789. The molecule has 0 amide bonds. The molecule has 0 aliphatic rings. The number of thioether (sulfide) groups is 1. The molecule has 0 fully saturated rings. The van der Waals surface area contributed by atoms with E-state index in [1.807, 2.05) is 0 Å². The van der Waals surface area contributed by atoms with E-state index in [9.17, 15) is 26.7 Å². The van der Waals surface area contributed by atoms with Gasteiger partial charge >= 0.3 is 18.1 Å².